The van der Waals surface area contributed by atoms with E-state index in [0.29, 0.717) is 0 Å². The highest BCUT2D eigenvalue weighted by Gasteiger charge is 2.35. The molecule has 0 aromatic heterocycles. The number of carboxylic acids is 1. The Kier molecular flexibility index (Phi) is 2.22. The van der Waals surface area contributed by atoms with Crippen LogP contribution in [-0.4, -0.2) is 26.4 Å². The fourth-order valence-electron chi connectivity index (χ4n) is 0.817. The lowest BCUT2D eigenvalue weighted by atomic mass is 10.1. The Bertz CT molecular complexity index is 314. The van der Waals surface area contributed by atoms with Crippen LogP contribution in [0.5, 0.6) is 5.75 Å². The lowest BCUT2D eigenvalue weighted by Crippen LogP contribution is -2.34. The summed E-state index contributed by atoms with van der Waals surface area (Å²) >= 11 is 0. The average molecular weight is 184 g/mol. The first-order valence-corrected chi connectivity index (χ1v) is 3.42. The zero-order valence-corrected chi connectivity index (χ0v) is 6.51. The van der Waals surface area contributed by atoms with Crippen molar-refractivity contribution in [3.05, 3.63) is 29.8 Å². The third-order valence-electron chi connectivity index (χ3n) is 1.57. The molecule has 1 aromatic rings. The summed E-state index contributed by atoms with van der Waals surface area (Å²) in [5.74, 6) is -4.75. The number of benzene rings is 1. The van der Waals surface area contributed by atoms with Gasteiger partial charge in [0.1, 0.15) is 5.75 Å². The van der Waals surface area contributed by atoms with Crippen molar-refractivity contribution in [1.29, 1.82) is 0 Å². The fraction of sp³-hybridized carbons (Fsp3) is 0.125. The first kappa shape index (κ1) is 9.50. The summed E-state index contributed by atoms with van der Waals surface area (Å²) in [5.41, 5.74) is -0.210. The molecular weight excluding hydrogens is 176 g/mol. The Balaban J connectivity index is 3.08. The van der Waals surface area contributed by atoms with E-state index >= 15 is 0 Å². The van der Waals surface area contributed by atoms with Crippen LogP contribution >= 0.6 is 0 Å². The maximum atomic E-state index is 10.3. The van der Waals surface area contributed by atoms with Gasteiger partial charge in [-0.1, -0.05) is 0 Å². The number of rotatable bonds is 2. The maximum Gasteiger partial charge on any atom is 0.369 e. The highest BCUT2D eigenvalue weighted by molar-refractivity contribution is 5.76. The number of aliphatic carboxylic acids is 1. The van der Waals surface area contributed by atoms with E-state index in [1.165, 1.54) is 12.1 Å². The molecule has 5 nitrogen and oxygen atoms in total. The van der Waals surface area contributed by atoms with Gasteiger partial charge >= 0.3 is 5.97 Å². The van der Waals surface area contributed by atoms with Crippen LogP contribution in [0.3, 0.4) is 0 Å². The van der Waals surface area contributed by atoms with Gasteiger partial charge in [0.25, 0.3) is 5.79 Å². The predicted molar refractivity (Wildman–Crippen MR) is 41.9 cm³/mol. The fourth-order valence-corrected chi connectivity index (χ4v) is 0.817. The second kappa shape index (κ2) is 3.04. The molecular formula is C8H8O5. The van der Waals surface area contributed by atoms with E-state index in [2.05, 4.69) is 0 Å². The Morgan fingerprint density at radius 1 is 1.15 bits per heavy atom. The van der Waals surface area contributed by atoms with Gasteiger partial charge in [0, 0.05) is 5.56 Å². The van der Waals surface area contributed by atoms with Crippen molar-refractivity contribution < 1.29 is 25.2 Å². The molecule has 0 aliphatic carbocycles. The van der Waals surface area contributed by atoms with Gasteiger partial charge in [-0.2, -0.15) is 0 Å². The quantitative estimate of drug-likeness (QED) is 0.469. The normalized spacial score (nSPS) is 11.2. The molecule has 0 spiro atoms. The van der Waals surface area contributed by atoms with Gasteiger partial charge in [0.05, 0.1) is 0 Å². The molecule has 0 amide bonds. The number of aromatic hydroxyl groups is 1. The summed E-state index contributed by atoms with van der Waals surface area (Å²) in [5, 5.41) is 35.3. The molecule has 0 unspecified atom stereocenters. The van der Waals surface area contributed by atoms with Crippen molar-refractivity contribution in [3.63, 3.8) is 0 Å². The van der Waals surface area contributed by atoms with Crippen LogP contribution in [0.25, 0.3) is 0 Å². The number of aliphatic hydroxyl groups is 2. The van der Waals surface area contributed by atoms with Crippen molar-refractivity contribution >= 4 is 5.97 Å². The minimum atomic E-state index is -2.91. The van der Waals surface area contributed by atoms with Gasteiger partial charge in [-0.3, -0.25) is 0 Å². The molecule has 0 saturated carbocycles. The highest BCUT2D eigenvalue weighted by Crippen LogP contribution is 2.20. The minimum Gasteiger partial charge on any atom is -0.508 e. The van der Waals surface area contributed by atoms with Crippen LogP contribution in [0.15, 0.2) is 24.3 Å². The molecule has 1 rings (SSSR count). The minimum absolute atomic E-state index is 0.0788. The number of phenols is 1. The van der Waals surface area contributed by atoms with Crippen molar-refractivity contribution in [3.8, 4) is 5.75 Å². The van der Waals surface area contributed by atoms with E-state index in [0.717, 1.165) is 12.1 Å². The molecule has 0 fully saturated rings. The van der Waals surface area contributed by atoms with Crippen LogP contribution in [0, 0.1) is 0 Å². The molecule has 0 saturated heterocycles. The third kappa shape index (κ3) is 1.77. The zero-order valence-electron chi connectivity index (χ0n) is 6.51. The predicted octanol–water partition coefficient (Wildman–Crippen LogP) is -0.386. The molecule has 0 heterocycles. The molecule has 0 radical (unpaired) electrons. The lowest BCUT2D eigenvalue weighted by molar-refractivity contribution is -0.208. The maximum absolute atomic E-state index is 10.3. The first-order valence-electron chi connectivity index (χ1n) is 3.42. The molecule has 4 N–H and O–H groups in total. The van der Waals surface area contributed by atoms with Crippen LogP contribution < -0.4 is 0 Å². The number of phenolic OH excluding ortho intramolecular Hbond substituents is 1. The summed E-state index contributed by atoms with van der Waals surface area (Å²) in [6, 6.07) is 4.56. The van der Waals surface area contributed by atoms with Gasteiger partial charge in [-0.15, -0.1) is 0 Å². The number of hydrogen-bond donors (Lipinski definition) is 4. The van der Waals surface area contributed by atoms with E-state index in [4.69, 9.17) is 20.4 Å². The van der Waals surface area contributed by atoms with E-state index in [1.54, 1.807) is 0 Å². The summed E-state index contributed by atoms with van der Waals surface area (Å²) in [7, 11) is 0. The first-order chi connectivity index (χ1) is 5.94. The number of hydrogen-bond acceptors (Lipinski definition) is 4. The molecule has 13 heavy (non-hydrogen) atoms. The molecule has 70 valence electrons. The monoisotopic (exact) mass is 184 g/mol. The second-order valence-electron chi connectivity index (χ2n) is 2.52. The summed E-state index contributed by atoms with van der Waals surface area (Å²) in [6.45, 7) is 0. The Morgan fingerprint density at radius 2 is 1.62 bits per heavy atom. The summed E-state index contributed by atoms with van der Waals surface area (Å²) in [6.07, 6.45) is 0. The van der Waals surface area contributed by atoms with E-state index in [1.807, 2.05) is 0 Å². The summed E-state index contributed by atoms with van der Waals surface area (Å²) < 4.78 is 0. The molecule has 0 aliphatic heterocycles. The van der Waals surface area contributed by atoms with Crippen molar-refractivity contribution in [2.45, 2.75) is 5.79 Å². The highest BCUT2D eigenvalue weighted by atomic mass is 16.5. The lowest BCUT2D eigenvalue weighted by Gasteiger charge is -2.16. The number of carbonyl (C=O) groups is 1. The third-order valence-corrected chi connectivity index (χ3v) is 1.57. The summed E-state index contributed by atoms with van der Waals surface area (Å²) in [4.78, 5) is 10.3. The van der Waals surface area contributed by atoms with E-state index in [-0.39, 0.29) is 11.3 Å². The zero-order chi connectivity index (χ0) is 10.1. The largest absolute Gasteiger partial charge is 0.508 e. The van der Waals surface area contributed by atoms with E-state index < -0.39 is 11.8 Å². The van der Waals surface area contributed by atoms with Crippen LogP contribution in [0.2, 0.25) is 0 Å². The van der Waals surface area contributed by atoms with Gasteiger partial charge in [-0.05, 0) is 24.3 Å². The van der Waals surface area contributed by atoms with Gasteiger partial charge in [0.15, 0.2) is 0 Å². The van der Waals surface area contributed by atoms with Crippen LogP contribution in [-0.2, 0) is 10.6 Å². The Labute approximate surface area is 73.5 Å². The average Bonchev–Trinajstić information content (AvgIpc) is 2.04. The SMILES string of the molecule is O=C(O)C(O)(O)c1ccc(O)cc1. The van der Waals surface area contributed by atoms with Crippen molar-refractivity contribution in [1.82, 2.24) is 0 Å². The standard InChI is InChI=1S/C8H8O5/c9-6-3-1-5(2-4-6)8(12,13)7(10)11/h1-4,9,12-13H,(H,10,11). The Hall–Kier alpha value is -1.59. The van der Waals surface area contributed by atoms with E-state index in [9.17, 15) is 4.79 Å². The van der Waals surface area contributed by atoms with Gasteiger partial charge in [-0.25, -0.2) is 4.79 Å². The van der Waals surface area contributed by atoms with Crippen LogP contribution in [0.1, 0.15) is 5.56 Å². The number of carboxylic acid groups (broad SMARTS) is 1. The van der Waals surface area contributed by atoms with Gasteiger partial charge in [0.2, 0.25) is 0 Å². The molecule has 0 aliphatic rings. The van der Waals surface area contributed by atoms with Crippen molar-refractivity contribution in [2.24, 2.45) is 0 Å². The molecule has 0 bridgehead atoms. The molecule has 0 atom stereocenters. The van der Waals surface area contributed by atoms with Crippen LogP contribution in [0.4, 0.5) is 0 Å². The van der Waals surface area contributed by atoms with Gasteiger partial charge < -0.3 is 20.4 Å². The smallest absolute Gasteiger partial charge is 0.369 e. The molecule has 5 heteroatoms. The van der Waals surface area contributed by atoms with Crippen molar-refractivity contribution in [2.75, 3.05) is 0 Å². The topological polar surface area (TPSA) is 98.0 Å². The molecule has 1 aromatic carbocycles. The second-order valence-corrected chi connectivity index (χ2v) is 2.52. The Morgan fingerprint density at radius 3 is 2.00 bits per heavy atom.